The highest BCUT2D eigenvalue weighted by Crippen LogP contribution is 2.32. The van der Waals surface area contributed by atoms with E-state index < -0.39 is 5.97 Å². The second-order valence-corrected chi connectivity index (χ2v) is 6.22. The highest BCUT2D eigenvalue weighted by Gasteiger charge is 2.19. The van der Waals surface area contributed by atoms with E-state index in [2.05, 4.69) is 15.6 Å². The highest BCUT2D eigenvalue weighted by atomic mass is 16.6. The lowest BCUT2D eigenvalue weighted by atomic mass is 10.2. The van der Waals surface area contributed by atoms with E-state index in [9.17, 15) is 9.59 Å². The fourth-order valence-electron chi connectivity index (χ4n) is 2.81. The van der Waals surface area contributed by atoms with Gasteiger partial charge in [0.15, 0.2) is 17.2 Å². The summed E-state index contributed by atoms with van der Waals surface area (Å²) in [5.74, 6) is 0.226. The fraction of sp³-hybridized carbons (Fsp3) is 0.444. The third kappa shape index (κ3) is 4.55. The van der Waals surface area contributed by atoms with Crippen LogP contribution in [-0.4, -0.2) is 51.7 Å². The van der Waals surface area contributed by atoms with Crippen LogP contribution >= 0.6 is 0 Å². The van der Waals surface area contributed by atoms with Crippen LogP contribution in [0.4, 0.5) is 0 Å². The van der Waals surface area contributed by atoms with Gasteiger partial charge in [0.25, 0.3) is 5.91 Å². The number of fused-ring (bicyclic) bond motifs is 1. The van der Waals surface area contributed by atoms with E-state index in [-0.39, 0.29) is 18.0 Å². The maximum Gasteiger partial charge on any atom is 0.303 e. The van der Waals surface area contributed by atoms with Crippen LogP contribution in [0.15, 0.2) is 18.2 Å². The van der Waals surface area contributed by atoms with Gasteiger partial charge in [-0.05, 0) is 31.9 Å². The topological polar surface area (TPSA) is 116 Å². The molecular weight excluding hydrogens is 352 g/mol. The number of unbranched alkanes of at least 4 members (excludes halogenated alkanes) is 2. The molecule has 0 saturated heterocycles. The van der Waals surface area contributed by atoms with E-state index in [0.29, 0.717) is 49.8 Å². The first-order chi connectivity index (χ1) is 13.1. The van der Waals surface area contributed by atoms with Gasteiger partial charge in [-0.15, -0.1) is 5.10 Å². The number of nitrogens with zero attached hydrogens (tertiary/aromatic N) is 3. The number of hydrogen-bond acceptors (Lipinski definition) is 6. The Hall–Kier alpha value is -3.10. The van der Waals surface area contributed by atoms with Crippen LogP contribution in [0.25, 0.3) is 5.69 Å². The van der Waals surface area contributed by atoms with Gasteiger partial charge in [-0.25, -0.2) is 4.68 Å². The summed E-state index contributed by atoms with van der Waals surface area (Å²) in [4.78, 5) is 22.8. The Morgan fingerprint density at radius 2 is 1.96 bits per heavy atom. The number of carboxylic acid groups (broad SMARTS) is 1. The van der Waals surface area contributed by atoms with E-state index in [4.69, 9.17) is 14.6 Å². The van der Waals surface area contributed by atoms with Gasteiger partial charge in [0.05, 0.1) is 11.4 Å². The molecule has 1 aliphatic rings. The monoisotopic (exact) mass is 374 g/mol. The first-order valence-corrected chi connectivity index (χ1v) is 8.88. The molecule has 9 nitrogen and oxygen atoms in total. The smallest absolute Gasteiger partial charge is 0.303 e. The summed E-state index contributed by atoms with van der Waals surface area (Å²) in [6, 6.07) is 5.45. The maximum atomic E-state index is 12.3. The molecule has 2 aromatic rings. The first-order valence-electron chi connectivity index (χ1n) is 8.88. The number of benzene rings is 1. The predicted octanol–water partition coefficient (Wildman–Crippen LogP) is 1.72. The van der Waals surface area contributed by atoms with Crippen LogP contribution in [0.1, 0.15) is 41.9 Å². The van der Waals surface area contributed by atoms with Crippen molar-refractivity contribution in [3.8, 4) is 17.2 Å². The van der Waals surface area contributed by atoms with Crippen molar-refractivity contribution in [1.82, 2.24) is 20.3 Å². The highest BCUT2D eigenvalue weighted by molar-refractivity contribution is 5.93. The molecule has 144 valence electrons. The largest absolute Gasteiger partial charge is 0.486 e. The summed E-state index contributed by atoms with van der Waals surface area (Å²) < 4.78 is 12.7. The van der Waals surface area contributed by atoms with Crippen LogP contribution < -0.4 is 14.8 Å². The Kier molecular flexibility index (Phi) is 5.90. The fourth-order valence-corrected chi connectivity index (χ4v) is 2.81. The van der Waals surface area contributed by atoms with Gasteiger partial charge < -0.3 is 19.9 Å². The quantitative estimate of drug-likeness (QED) is 0.676. The molecule has 1 amide bonds. The van der Waals surface area contributed by atoms with Gasteiger partial charge in [-0.3, -0.25) is 9.59 Å². The number of carbonyl (C=O) groups is 2. The molecule has 0 spiro atoms. The third-order valence-corrected chi connectivity index (χ3v) is 4.23. The van der Waals surface area contributed by atoms with Crippen molar-refractivity contribution in [3.63, 3.8) is 0 Å². The molecule has 1 aromatic heterocycles. The molecule has 2 N–H and O–H groups in total. The van der Waals surface area contributed by atoms with Crippen molar-refractivity contribution in [2.75, 3.05) is 19.8 Å². The number of hydrogen-bond donors (Lipinski definition) is 2. The molecule has 0 unspecified atom stereocenters. The van der Waals surface area contributed by atoms with Crippen LogP contribution in [-0.2, 0) is 4.79 Å². The van der Waals surface area contributed by atoms with E-state index in [1.54, 1.807) is 17.7 Å². The summed E-state index contributed by atoms with van der Waals surface area (Å²) >= 11 is 0. The van der Waals surface area contributed by atoms with Gasteiger partial charge >= 0.3 is 5.97 Å². The van der Waals surface area contributed by atoms with Crippen LogP contribution in [0.5, 0.6) is 11.5 Å². The molecule has 0 radical (unpaired) electrons. The average molecular weight is 374 g/mol. The number of aromatic nitrogens is 3. The number of ether oxygens (including phenoxy) is 2. The van der Waals surface area contributed by atoms with Crippen molar-refractivity contribution in [2.24, 2.45) is 0 Å². The summed E-state index contributed by atoms with van der Waals surface area (Å²) in [6.45, 7) is 3.26. The van der Waals surface area contributed by atoms with Gasteiger partial charge in [0.1, 0.15) is 13.2 Å². The molecule has 0 fully saturated rings. The zero-order valence-electron chi connectivity index (χ0n) is 15.1. The number of carbonyl (C=O) groups excluding carboxylic acids is 1. The molecule has 2 heterocycles. The Bertz CT molecular complexity index is 833. The Labute approximate surface area is 156 Å². The minimum absolute atomic E-state index is 0.150. The summed E-state index contributed by atoms with van der Waals surface area (Å²) in [6.07, 6.45) is 2.21. The SMILES string of the molecule is Cc1c(C(=O)NCCCCCC(=O)O)nnn1-c1ccc2c(c1)OCCO2. The molecule has 27 heavy (non-hydrogen) atoms. The van der Waals surface area contributed by atoms with Crippen molar-refractivity contribution >= 4 is 11.9 Å². The van der Waals surface area contributed by atoms with Crippen molar-refractivity contribution in [3.05, 3.63) is 29.6 Å². The van der Waals surface area contributed by atoms with E-state index in [0.717, 1.165) is 12.1 Å². The predicted molar refractivity (Wildman–Crippen MR) is 95.5 cm³/mol. The van der Waals surface area contributed by atoms with Gasteiger partial charge in [0, 0.05) is 19.0 Å². The third-order valence-electron chi connectivity index (χ3n) is 4.23. The van der Waals surface area contributed by atoms with E-state index >= 15 is 0 Å². The van der Waals surface area contributed by atoms with E-state index in [1.165, 1.54) is 0 Å². The van der Waals surface area contributed by atoms with Crippen LogP contribution in [0.3, 0.4) is 0 Å². The zero-order valence-corrected chi connectivity index (χ0v) is 15.1. The van der Waals surface area contributed by atoms with Crippen LogP contribution in [0, 0.1) is 6.92 Å². The molecule has 3 rings (SSSR count). The van der Waals surface area contributed by atoms with Crippen LogP contribution in [0.2, 0.25) is 0 Å². The summed E-state index contributed by atoms with van der Waals surface area (Å²) in [7, 11) is 0. The summed E-state index contributed by atoms with van der Waals surface area (Å²) in [5, 5.41) is 19.5. The van der Waals surface area contributed by atoms with Gasteiger partial charge in [-0.2, -0.15) is 0 Å². The molecule has 1 aromatic carbocycles. The molecule has 1 aliphatic heterocycles. The minimum atomic E-state index is -0.801. The first kappa shape index (κ1) is 18.7. The lowest BCUT2D eigenvalue weighted by Gasteiger charge is -2.18. The molecule has 0 bridgehead atoms. The zero-order chi connectivity index (χ0) is 19.2. The number of aliphatic carboxylic acids is 1. The van der Waals surface area contributed by atoms with E-state index in [1.807, 2.05) is 12.1 Å². The molecule has 0 aliphatic carbocycles. The number of amides is 1. The second-order valence-electron chi connectivity index (χ2n) is 6.22. The number of rotatable bonds is 8. The minimum Gasteiger partial charge on any atom is -0.486 e. The van der Waals surface area contributed by atoms with Gasteiger partial charge in [-0.1, -0.05) is 11.6 Å². The molecule has 0 atom stereocenters. The lowest BCUT2D eigenvalue weighted by Crippen LogP contribution is -2.25. The normalized spacial score (nSPS) is 12.6. The maximum absolute atomic E-state index is 12.3. The Balaban J connectivity index is 1.60. The average Bonchev–Trinajstić information content (AvgIpc) is 3.05. The summed E-state index contributed by atoms with van der Waals surface area (Å²) in [5.41, 5.74) is 1.61. The number of nitrogens with one attached hydrogen (secondary N) is 1. The molecular formula is C18H22N4O5. The standard InChI is InChI=1S/C18H22N4O5/c1-12-17(18(25)19-8-4-2-3-5-16(23)24)20-21-22(12)13-6-7-14-15(11-13)27-10-9-26-14/h6-7,11H,2-5,8-10H2,1H3,(H,19,25)(H,23,24). The molecule has 0 saturated carbocycles. The van der Waals surface area contributed by atoms with Crippen molar-refractivity contribution < 1.29 is 24.2 Å². The second kappa shape index (κ2) is 8.52. The number of carboxylic acids is 1. The lowest BCUT2D eigenvalue weighted by molar-refractivity contribution is -0.137. The Morgan fingerprint density at radius 3 is 2.74 bits per heavy atom. The van der Waals surface area contributed by atoms with Gasteiger partial charge in [0.2, 0.25) is 0 Å². The van der Waals surface area contributed by atoms with Crippen molar-refractivity contribution in [2.45, 2.75) is 32.6 Å². The van der Waals surface area contributed by atoms with Crippen molar-refractivity contribution in [1.29, 1.82) is 0 Å². The molecule has 9 heteroatoms. The Morgan fingerprint density at radius 1 is 1.19 bits per heavy atom.